The number of anilines is 3. The highest BCUT2D eigenvalue weighted by atomic mass is 16.2. The van der Waals surface area contributed by atoms with Crippen LogP contribution < -0.4 is 15.1 Å². The number of imidazole rings is 1. The number of fused-ring (bicyclic) bond motifs is 1. The van der Waals surface area contributed by atoms with Crippen molar-refractivity contribution in [1.82, 2.24) is 24.3 Å². The summed E-state index contributed by atoms with van der Waals surface area (Å²) in [5.74, 6) is 1.41. The minimum Gasteiger partial charge on any atom is -0.353 e. The zero-order chi connectivity index (χ0) is 21.2. The third kappa shape index (κ3) is 3.77. The first-order valence-corrected chi connectivity index (χ1v) is 10.2. The summed E-state index contributed by atoms with van der Waals surface area (Å²) in [5.41, 5.74) is 2.46. The Morgan fingerprint density at radius 2 is 1.68 bits per heavy atom. The van der Waals surface area contributed by atoms with Crippen LogP contribution in [0.3, 0.4) is 0 Å². The molecular formula is C22H22N8O. The summed E-state index contributed by atoms with van der Waals surface area (Å²) in [6, 6.07) is 11.6. The lowest BCUT2D eigenvalue weighted by molar-refractivity contribution is 0.102. The number of amides is 1. The number of pyridine rings is 2. The van der Waals surface area contributed by atoms with Gasteiger partial charge < -0.3 is 15.1 Å². The maximum atomic E-state index is 12.8. The van der Waals surface area contributed by atoms with E-state index in [4.69, 9.17) is 0 Å². The van der Waals surface area contributed by atoms with Gasteiger partial charge in [0.05, 0.1) is 23.8 Å². The van der Waals surface area contributed by atoms with Crippen LogP contribution in [-0.2, 0) is 0 Å². The number of aromatic nitrogens is 5. The van der Waals surface area contributed by atoms with Crippen LogP contribution in [0, 0.1) is 6.92 Å². The van der Waals surface area contributed by atoms with E-state index in [-0.39, 0.29) is 5.91 Å². The van der Waals surface area contributed by atoms with Crippen molar-refractivity contribution >= 4 is 29.0 Å². The fraction of sp³-hybridized carbons (Fsp3) is 0.227. The van der Waals surface area contributed by atoms with Crippen LogP contribution in [0.4, 0.5) is 17.5 Å². The highest BCUT2D eigenvalue weighted by molar-refractivity contribution is 6.04. The molecule has 1 aliphatic rings. The van der Waals surface area contributed by atoms with Crippen LogP contribution in [0.15, 0.2) is 61.2 Å². The summed E-state index contributed by atoms with van der Waals surface area (Å²) in [7, 11) is 0. The number of nitrogens with zero attached hydrogens (tertiary/aromatic N) is 7. The largest absolute Gasteiger partial charge is 0.353 e. The summed E-state index contributed by atoms with van der Waals surface area (Å²) in [4.78, 5) is 35.0. The third-order valence-corrected chi connectivity index (χ3v) is 5.35. The molecular weight excluding hydrogens is 392 g/mol. The van der Waals surface area contributed by atoms with E-state index in [9.17, 15) is 4.79 Å². The van der Waals surface area contributed by atoms with Crippen molar-refractivity contribution in [3.8, 4) is 0 Å². The van der Waals surface area contributed by atoms with Crippen molar-refractivity contribution in [2.75, 3.05) is 41.3 Å². The van der Waals surface area contributed by atoms with E-state index in [0.29, 0.717) is 23.0 Å². The van der Waals surface area contributed by atoms with Gasteiger partial charge in [-0.15, -0.1) is 0 Å². The summed E-state index contributed by atoms with van der Waals surface area (Å²) >= 11 is 0. The lowest BCUT2D eigenvalue weighted by Gasteiger charge is -2.35. The second-order valence-electron chi connectivity index (χ2n) is 7.36. The van der Waals surface area contributed by atoms with Gasteiger partial charge in [-0.05, 0) is 31.2 Å². The number of hydrogen-bond donors (Lipinski definition) is 1. The fourth-order valence-corrected chi connectivity index (χ4v) is 3.80. The summed E-state index contributed by atoms with van der Waals surface area (Å²) in [6.07, 6.45) is 6.93. The number of carbonyl (C=O) groups excluding carboxylic acids is 1. The molecule has 4 aromatic heterocycles. The molecule has 31 heavy (non-hydrogen) atoms. The van der Waals surface area contributed by atoms with Gasteiger partial charge >= 0.3 is 0 Å². The second-order valence-corrected chi connectivity index (χ2v) is 7.36. The zero-order valence-electron chi connectivity index (χ0n) is 17.1. The molecule has 0 atom stereocenters. The Bertz CT molecular complexity index is 1200. The van der Waals surface area contributed by atoms with Crippen LogP contribution in [0.25, 0.3) is 5.65 Å². The first kappa shape index (κ1) is 19.0. The van der Waals surface area contributed by atoms with Gasteiger partial charge in [-0.3, -0.25) is 9.20 Å². The normalized spacial score (nSPS) is 14.1. The summed E-state index contributed by atoms with van der Waals surface area (Å²) in [5, 5.41) is 2.88. The number of carbonyl (C=O) groups is 1. The Morgan fingerprint density at radius 3 is 2.42 bits per heavy atom. The van der Waals surface area contributed by atoms with E-state index in [0.717, 1.165) is 37.6 Å². The third-order valence-electron chi connectivity index (χ3n) is 5.35. The summed E-state index contributed by atoms with van der Waals surface area (Å²) in [6.45, 7) is 5.15. The first-order valence-electron chi connectivity index (χ1n) is 10.2. The Kier molecular flexibility index (Phi) is 4.91. The molecule has 1 amide bonds. The van der Waals surface area contributed by atoms with Crippen LogP contribution >= 0.6 is 0 Å². The number of piperazine rings is 1. The topological polar surface area (TPSA) is 91.6 Å². The molecule has 0 unspecified atom stereocenters. The molecule has 1 aliphatic heterocycles. The molecule has 156 valence electrons. The average Bonchev–Trinajstić information content (AvgIpc) is 3.16. The quantitative estimate of drug-likeness (QED) is 0.548. The lowest BCUT2D eigenvalue weighted by Crippen LogP contribution is -2.47. The number of hydrogen-bond acceptors (Lipinski definition) is 7. The molecule has 0 aromatic carbocycles. The van der Waals surface area contributed by atoms with E-state index in [1.54, 1.807) is 16.8 Å². The maximum absolute atomic E-state index is 12.8. The Morgan fingerprint density at radius 1 is 0.935 bits per heavy atom. The van der Waals surface area contributed by atoms with Crippen molar-refractivity contribution in [1.29, 1.82) is 0 Å². The highest BCUT2D eigenvalue weighted by Crippen LogP contribution is 2.18. The van der Waals surface area contributed by atoms with Gasteiger partial charge in [0.2, 0.25) is 5.95 Å². The minimum absolute atomic E-state index is 0.239. The molecule has 5 heterocycles. The minimum atomic E-state index is -0.239. The van der Waals surface area contributed by atoms with Gasteiger partial charge in [0.1, 0.15) is 17.2 Å². The van der Waals surface area contributed by atoms with Gasteiger partial charge in [-0.25, -0.2) is 19.9 Å². The predicted octanol–water partition coefficient (Wildman–Crippen LogP) is 2.41. The summed E-state index contributed by atoms with van der Waals surface area (Å²) < 4.78 is 1.78. The zero-order valence-corrected chi connectivity index (χ0v) is 17.1. The van der Waals surface area contributed by atoms with Gasteiger partial charge in [-0.1, -0.05) is 12.1 Å². The first-order chi connectivity index (χ1) is 15.2. The van der Waals surface area contributed by atoms with Crippen molar-refractivity contribution in [2.24, 2.45) is 0 Å². The van der Waals surface area contributed by atoms with E-state index in [1.165, 1.54) is 0 Å². The van der Waals surface area contributed by atoms with Crippen LogP contribution in [-0.4, -0.2) is 56.4 Å². The van der Waals surface area contributed by atoms with E-state index < -0.39 is 0 Å². The van der Waals surface area contributed by atoms with Crippen molar-refractivity contribution < 1.29 is 4.79 Å². The molecule has 1 N–H and O–H groups in total. The molecule has 9 heteroatoms. The van der Waals surface area contributed by atoms with E-state index in [2.05, 4.69) is 35.1 Å². The van der Waals surface area contributed by atoms with Crippen LogP contribution in [0.5, 0.6) is 0 Å². The van der Waals surface area contributed by atoms with E-state index >= 15 is 0 Å². The second kappa shape index (κ2) is 8.02. The molecule has 4 aromatic rings. The Labute approximate surface area is 179 Å². The Balaban J connectivity index is 1.24. The predicted molar refractivity (Wildman–Crippen MR) is 119 cm³/mol. The molecule has 1 fully saturated rings. The van der Waals surface area contributed by atoms with Crippen molar-refractivity contribution in [2.45, 2.75) is 6.92 Å². The number of nitrogens with one attached hydrogen (secondary N) is 1. The molecule has 0 radical (unpaired) electrons. The van der Waals surface area contributed by atoms with Gasteiger partial charge in [-0.2, -0.15) is 0 Å². The highest BCUT2D eigenvalue weighted by Gasteiger charge is 2.20. The molecule has 5 rings (SSSR count). The van der Waals surface area contributed by atoms with Crippen molar-refractivity contribution in [3.63, 3.8) is 0 Å². The molecule has 0 bridgehead atoms. The van der Waals surface area contributed by atoms with Gasteiger partial charge in [0, 0.05) is 38.6 Å². The number of rotatable bonds is 4. The van der Waals surface area contributed by atoms with Gasteiger partial charge in [0.15, 0.2) is 0 Å². The average molecular weight is 414 g/mol. The monoisotopic (exact) mass is 414 g/mol. The molecule has 0 spiro atoms. The standard InChI is InChI=1S/C22H22N8O/c1-16-20(30-9-5-3-7-19(30)26-16)21(31)27-17-14-24-22(25-15-17)29-12-10-28(11-13-29)18-6-2-4-8-23-18/h2-9,14-15H,10-13H2,1H3,(H,27,31). The molecule has 0 saturated carbocycles. The maximum Gasteiger partial charge on any atom is 0.274 e. The smallest absolute Gasteiger partial charge is 0.274 e. The van der Waals surface area contributed by atoms with Crippen LogP contribution in [0.1, 0.15) is 16.2 Å². The molecule has 9 nitrogen and oxygen atoms in total. The Hall–Kier alpha value is -4.01. The SMILES string of the molecule is Cc1nc2ccccn2c1C(=O)Nc1cnc(N2CCN(c3ccccn3)CC2)nc1. The van der Waals surface area contributed by atoms with Crippen LogP contribution in [0.2, 0.25) is 0 Å². The van der Waals surface area contributed by atoms with E-state index in [1.807, 2.05) is 55.7 Å². The van der Waals surface area contributed by atoms with Gasteiger partial charge in [0.25, 0.3) is 5.91 Å². The molecule has 0 aliphatic carbocycles. The molecule has 1 saturated heterocycles. The fourth-order valence-electron chi connectivity index (χ4n) is 3.80. The van der Waals surface area contributed by atoms with Crippen molar-refractivity contribution in [3.05, 3.63) is 72.6 Å². The lowest BCUT2D eigenvalue weighted by atomic mass is 10.3. The number of aryl methyl sites for hydroxylation is 1.